The van der Waals surface area contributed by atoms with Crippen LogP contribution < -0.4 is 14.2 Å². The van der Waals surface area contributed by atoms with E-state index in [0.717, 1.165) is 17.2 Å². The molecule has 4 nitrogen and oxygen atoms in total. The molecule has 128 valence electrons. The second-order valence-corrected chi connectivity index (χ2v) is 5.79. The third kappa shape index (κ3) is 5.24. The molecule has 1 aromatic heterocycles. The van der Waals surface area contributed by atoms with Crippen LogP contribution >= 0.6 is 0 Å². The number of hydrogen-bond donors (Lipinski definition) is 0. The molecular formula is C21H21NO3. The second-order valence-electron chi connectivity index (χ2n) is 5.79. The van der Waals surface area contributed by atoms with E-state index in [0.29, 0.717) is 12.5 Å². The lowest BCUT2D eigenvalue weighted by Gasteiger charge is -2.15. The Kier molecular flexibility index (Phi) is 5.52. The van der Waals surface area contributed by atoms with Crippen LogP contribution in [0.5, 0.6) is 23.1 Å². The Hall–Kier alpha value is -3.01. The van der Waals surface area contributed by atoms with Gasteiger partial charge >= 0.3 is 0 Å². The van der Waals surface area contributed by atoms with Gasteiger partial charge < -0.3 is 14.2 Å². The first-order valence-corrected chi connectivity index (χ1v) is 8.24. The molecule has 0 bridgehead atoms. The highest BCUT2D eigenvalue weighted by Crippen LogP contribution is 2.24. The number of aryl methyl sites for hydroxylation is 1. The van der Waals surface area contributed by atoms with Crippen LogP contribution in [0.15, 0.2) is 72.9 Å². The van der Waals surface area contributed by atoms with E-state index < -0.39 is 0 Å². The minimum Gasteiger partial charge on any atom is -0.490 e. The van der Waals surface area contributed by atoms with Gasteiger partial charge in [0.05, 0.1) is 0 Å². The molecule has 4 heteroatoms. The van der Waals surface area contributed by atoms with Gasteiger partial charge in [-0.25, -0.2) is 4.98 Å². The monoisotopic (exact) mass is 335 g/mol. The molecule has 25 heavy (non-hydrogen) atoms. The van der Waals surface area contributed by atoms with Gasteiger partial charge in [0, 0.05) is 12.3 Å². The van der Waals surface area contributed by atoms with Crippen LogP contribution in [0.4, 0.5) is 0 Å². The first kappa shape index (κ1) is 16.8. The van der Waals surface area contributed by atoms with Gasteiger partial charge in [-0.1, -0.05) is 23.8 Å². The number of nitrogens with zero attached hydrogens (tertiary/aromatic N) is 1. The zero-order valence-corrected chi connectivity index (χ0v) is 14.4. The van der Waals surface area contributed by atoms with Crippen molar-refractivity contribution in [3.63, 3.8) is 0 Å². The van der Waals surface area contributed by atoms with Gasteiger partial charge in [-0.2, -0.15) is 0 Å². The van der Waals surface area contributed by atoms with Crippen LogP contribution in [0.1, 0.15) is 12.5 Å². The van der Waals surface area contributed by atoms with Crippen molar-refractivity contribution in [3.05, 3.63) is 78.5 Å². The Labute approximate surface area is 148 Å². The zero-order valence-electron chi connectivity index (χ0n) is 14.4. The summed E-state index contributed by atoms with van der Waals surface area (Å²) in [6.45, 7) is 4.44. The third-order valence-corrected chi connectivity index (χ3v) is 3.52. The highest BCUT2D eigenvalue weighted by molar-refractivity contribution is 5.36. The Bertz CT molecular complexity index is 771. The van der Waals surface area contributed by atoms with E-state index in [1.807, 2.05) is 73.7 Å². The molecule has 1 unspecified atom stereocenters. The average Bonchev–Trinajstić information content (AvgIpc) is 2.64. The molecule has 3 rings (SSSR count). The van der Waals surface area contributed by atoms with Crippen molar-refractivity contribution >= 4 is 0 Å². The quantitative estimate of drug-likeness (QED) is 0.607. The van der Waals surface area contributed by atoms with Crippen LogP contribution in [0.2, 0.25) is 0 Å². The molecule has 0 aliphatic rings. The summed E-state index contributed by atoms with van der Waals surface area (Å²) in [5.74, 6) is 2.96. The average molecular weight is 335 g/mol. The Balaban J connectivity index is 1.49. The molecule has 0 radical (unpaired) electrons. The van der Waals surface area contributed by atoms with Crippen LogP contribution in [-0.2, 0) is 0 Å². The van der Waals surface area contributed by atoms with Crippen molar-refractivity contribution in [1.82, 2.24) is 4.98 Å². The predicted molar refractivity (Wildman–Crippen MR) is 97.5 cm³/mol. The maximum absolute atomic E-state index is 5.80. The van der Waals surface area contributed by atoms with Gasteiger partial charge in [-0.3, -0.25) is 0 Å². The molecule has 0 saturated heterocycles. The Morgan fingerprint density at radius 3 is 2.12 bits per heavy atom. The van der Waals surface area contributed by atoms with Crippen molar-refractivity contribution in [1.29, 1.82) is 0 Å². The molecular weight excluding hydrogens is 314 g/mol. The zero-order chi connectivity index (χ0) is 17.5. The van der Waals surface area contributed by atoms with Crippen molar-refractivity contribution in [2.24, 2.45) is 0 Å². The van der Waals surface area contributed by atoms with E-state index in [1.165, 1.54) is 5.56 Å². The van der Waals surface area contributed by atoms with E-state index in [1.54, 1.807) is 6.20 Å². The molecule has 0 N–H and O–H groups in total. The van der Waals surface area contributed by atoms with E-state index in [-0.39, 0.29) is 6.10 Å². The molecule has 1 heterocycles. The van der Waals surface area contributed by atoms with E-state index >= 15 is 0 Å². The molecule has 2 aromatic carbocycles. The highest BCUT2D eigenvalue weighted by Gasteiger charge is 2.06. The predicted octanol–water partition coefficient (Wildman–Crippen LogP) is 5.03. The van der Waals surface area contributed by atoms with Gasteiger partial charge in [-0.15, -0.1) is 0 Å². The fourth-order valence-corrected chi connectivity index (χ4v) is 2.22. The van der Waals surface area contributed by atoms with Gasteiger partial charge in [0.15, 0.2) is 0 Å². The molecule has 0 fully saturated rings. The standard InChI is InChI=1S/C21H21NO3/c1-16-6-8-19(9-7-16)25-20-12-10-18(11-13-20)23-15-17(2)24-21-5-3-4-14-22-21/h3-14,17H,15H2,1-2H3. The maximum atomic E-state index is 5.80. The summed E-state index contributed by atoms with van der Waals surface area (Å²) < 4.78 is 17.2. The van der Waals surface area contributed by atoms with Crippen LogP contribution in [-0.4, -0.2) is 17.7 Å². The number of benzene rings is 2. The smallest absolute Gasteiger partial charge is 0.213 e. The van der Waals surface area contributed by atoms with E-state index in [9.17, 15) is 0 Å². The topological polar surface area (TPSA) is 40.6 Å². The summed E-state index contributed by atoms with van der Waals surface area (Å²) in [7, 11) is 0. The summed E-state index contributed by atoms with van der Waals surface area (Å²) >= 11 is 0. The number of aromatic nitrogens is 1. The Morgan fingerprint density at radius 2 is 1.48 bits per heavy atom. The third-order valence-electron chi connectivity index (χ3n) is 3.52. The minimum absolute atomic E-state index is 0.0987. The fourth-order valence-electron chi connectivity index (χ4n) is 2.22. The summed E-state index contributed by atoms with van der Waals surface area (Å²) in [6.07, 6.45) is 1.61. The van der Waals surface area contributed by atoms with Crippen molar-refractivity contribution in [2.45, 2.75) is 20.0 Å². The SMILES string of the molecule is Cc1ccc(Oc2ccc(OCC(C)Oc3ccccn3)cc2)cc1. The van der Waals surface area contributed by atoms with Crippen molar-refractivity contribution in [2.75, 3.05) is 6.61 Å². The fraction of sp³-hybridized carbons (Fsp3) is 0.190. The number of pyridine rings is 1. The molecule has 0 aliphatic carbocycles. The lowest BCUT2D eigenvalue weighted by atomic mass is 10.2. The van der Waals surface area contributed by atoms with Gasteiger partial charge in [0.1, 0.15) is 30.0 Å². The number of hydrogen-bond acceptors (Lipinski definition) is 4. The minimum atomic E-state index is -0.0987. The highest BCUT2D eigenvalue weighted by atomic mass is 16.5. The lowest BCUT2D eigenvalue weighted by molar-refractivity contribution is 0.138. The number of rotatable bonds is 7. The molecule has 3 aromatic rings. The first-order valence-electron chi connectivity index (χ1n) is 8.24. The summed E-state index contributed by atoms with van der Waals surface area (Å²) in [5, 5.41) is 0. The summed E-state index contributed by atoms with van der Waals surface area (Å²) in [4.78, 5) is 4.14. The van der Waals surface area contributed by atoms with E-state index in [2.05, 4.69) is 11.9 Å². The Morgan fingerprint density at radius 1 is 0.840 bits per heavy atom. The van der Waals surface area contributed by atoms with Gasteiger partial charge in [0.2, 0.25) is 5.88 Å². The van der Waals surface area contributed by atoms with Crippen LogP contribution in [0.25, 0.3) is 0 Å². The molecule has 0 amide bonds. The number of ether oxygens (including phenoxy) is 3. The maximum Gasteiger partial charge on any atom is 0.213 e. The summed E-state index contributed by atoms with van der Waals surface area (Å²) in [5.41, 5.74) is 1.21. The van der Waals surface area contributed by atoms with Crippen LogP contribution in [0.3, 0.4) is 0 Å². The normalized spacial score (nSPS) is 11.6. The lowest BCUT2D eigenvalue weighted by Crippen LogP contribution is -2.21. The largest absolute Gasteiger partial charge is 0.490 e. The van der Waals surface area contributed by atoms with Crippen molar-refractivity contribution < 1.29 is 14.2 Å². The molecule has 1 atom stereocenters. The van der Waals surface area contributed by atoms with Gasteiger partial charge in [0.25, 0.3) is 0 Å². The van der Waals surface area contributed by atoms with Crippen molar-refractivity contribution in [3.8, 4) is 23.1 Å². The summed E-state index contributed by atoms with van der Waals surface area (Å²) in [6, 6.07) is 21.1. The molecule has 0 aliphatic heterocycles. The molecule has 0 spiro atoms. The molecule has 0 saturated carbocycles. The van der Waals surface area contributed by atoms with Gasteiger partial charge in [-0.05, 0) is 56.3 Å². The first-order chi connectivity index (χ1) is 12.2. The second kappa shape index (κ2) is 8.20. The van der Waals surface area contributed by atoms with E-state index in [4.69, 9.17) is 14.2 Å². The van der Waals surface area contributed by atoms with Crippen LogP contribution in [0, 0.1) is 6.92 Å².